The predicted octanol–water partition coefficient (Wildman–Crippen LogP) is 4.95. The highest BCUT2D eigenvalue weighted by Gasteiger charge is 2.13. The molecule has 0 aliphatic rings. The summed E-state index contributed by atoms with van der Waals surface area (Å²) < 4.78 is 12.9. The number of amides is 1. The van der Waals surface area contributed by atoms with Crippen LogP contribution in [0, 0.1) is 13.8 Å². The number of carbonyl (C=O) groups is 1. The fourth-order valence-corrected chi connectivity index (χ4v) is 4.39. The number of nitrogens with zero attached hydrogens (tertiary/aromatic N) is 2. The summed E-state index contributed by atoms with van der Waals surface area (Å²) in [6.07, 6.45) is 2.30. The molecule has 0 unspecified atom stereocenters. The van der Waals surface area contributed by atoms with Crippen molar-refractivity contribution in [1.82, 2.24) is 14.7 Å². The van der Waals surface area contributed by atoms with Gasteiger partial charge < -0.3 is 14.8 Å². The molecule has 2 aromatic heterocycles. The third kappa shape index (κ3) is 4.62. The topological polar surface area (TPSA) is 64.9 Å². The van der Waals surface area contributed by atoms with E-state index in [1.54, 1.807) is 18.4 Å². The fourth-order valence-electron chi connectivity index (χ4n) is 3.52. The van der Waals surface area contributed by atoms with Gasteiger partial charge >= 0.3 is 0 Å². The van der Waals surface area contributed by atoms with Crippen molar-refractivity contribution in [3.05, 3.63) is 70.4 Å². The summed E-state index contributed by atoms with van der Waals surface area (Å²) in [5.74, 6) is 1.32. The van der Waals surface area contributed by atoms with Crippen LogP contribution in [0.15, 0.2) is 48.0 Å². The van der Waals surface area contributed by atoms with E-state index in [9.17, 15) is 4.79 Å². The van der Waals surface area contributed by atoms with Crippen LogP contribution in [0.4, 0.5) is 0 Å². The van der Waals surface area contributed by atoms with Gasteiger partial charge in [-0.2, -0.15) is 0 Å². The molecule has 32 heavy (non-hydrogen) atoms. The van der Waals surface area contributed by atoms with E-state index in [0.717, 1.165) is 27.5 Å². The van der Waals surface area contributed by atoms with E-state index < -0.39 is 0 Å². The molecule has 0 atom stereocenters. The first-order chi connectivity index (χ1) is 15.5. The molecule has 0 fully saturated rings. The molecule has 4 rings (SSSR count). The van der Waals surface area contributed by atoms with E-state index in [2.05, 4.69) is 37.4 Å². The molecular weight excluding hydrogens is 422 g/mol. The van der Waals surface area contributed by atoms with Crippen molar-refractivity contribution in [1.29, 1.82) is 0 Å². The van der Waals surface area contributed by atoms with Crippen molar-refractivity contribution in [2.45, 2.75) is 33.7 Å². The highest BCUT2D eigenvalue weighted by atomic mass is 32.1. The molecule has 4 aromatic rings. The maximum atomic E-state index is 12.6. The van der Waals surface area contributed by atoms with Gasteiger partial charge in [0.25, 0.3) is 0 Å². The summed E-state index contributed by atoms with van der Waals surface area (Å²) in [4.78, 5) is 18.2. The van der Waals surface area contributed by atoms with Gasteiger partial charge in [-0.25, -0.2) is 4.98 Å². The van der Waals surface area contributed by atoms with Crippen LogP contribution in [0.5, 0.6) is 11.5 Å². The van der Waals surface area contributed by atoms with Crippen LogP contribution >= 0.6 is 11.3 Å². The van der Waals surface area contributed by atoms with E-state index in [4.69, 9.17) is 14.5 Å². The lowest BCUT2D eigenvalue weighted by Gasteiger charge is -2.11. The predicted molar refractivity (Wildman–Crippen MR) is 128 cm³/mol. The number of methoxy groups -OCH3 is 1. The summed E-state index contributed by atoms with van der Waals surface area (Å²) in [6, 6.07) is 12.0. The fraction of sp³-hybridized carbons (Fsp3) is 0.280. The van der Waals surface area contributed by atoms with Crippen LogP contribution in [-0.2, 0) is 17.8 Å². The van der Waals surface area contributed by atoms with E-state index in [-0.39, 0.29) is 12.3 Å². The quantitative estimate of drug-likeness (QED) is 0.414. The second-order valence-electron chi connectivity index (χ2n) is 7.68. The number of nitrogens with one attached hydrogen (secondary N) is 1. The van der Waals surface area contributed by atoms with Crippen LogP contribution < -0.4 is 14.8 Å². The van der Waals surface area contributed by atoms with Crippen LogP contribution in [0.1, 0.15) is 29.3 Å². The summed E-state index contributed by atoms with van der Waals surface area (Å²) in [5, 5.41) is 4.98. The summed E-state index contributed by atoms with van der Waals surface area (Å²) >= 11 is 1.55. The largest absolute Gasteiger partial charge is 0.493 e. The Kier molecular flexibility index (Phi) is 6.46. The Morgan fingerprint density at radius 2 is 1.97 bits per heavy atom. The zero-order chi connectivity index (χ0) is 22.7. The Morgan fingerprint density at radius 1 is 1.12 bits per heavy atom. The van der Waals surface area contributed by atoms with Crippen LogP contribution in [0.25, 0.3) is 16.2 Å². The van der Waals surface area contributed by atoms with Gasteiger partial charge in [-0.3, -0.25) is 9.20 Å². The molecule has 0 saturated heterocycles. The minimum Gasteiger partial charge on any atom is -0.493 e. The molecule has 7 heteroatoms. The van der Waals surface area contributed by atoms with Gasteiger partial charge in [0, 0.05) is 29.4 Å². The Balaban J connectivity index is 1.44. The number of fused-ring (bicyclic) bond motifs is 1. The van der Waals surface area contributed by atoms with Crippen molar-refractivity contribution in [3.8, 4) is 22.8 Å². The van der Waals surface area contributed by atoms with E-state index >= 15 is 0 Å². The van der Waals surface area contributed by atoms with Gasteiger partial charge in [0.2, 0.25) is 5.91 Å². The monoisotopic (exact) mass is 449 g/mol. The smallest absolute Gasteiger partial charge is 0.226 e. The zero-order valence-electron chi connectivity index (χ0n) is 18.8. The molecule has 2 heterocycles. The molecule has 0 spiro atoms. The molecule has 0 radical (unpaired) electrons. The lowest BCUT2D eigenvalue weighted by atomic mass is 10.0. The lowest BCUT2D eigenvalue weighted by molar-refractivity contribution is -0.120. The van der Waals surface area contributed by atoms with Crippen molar-refractivity contribution in [2.24, 2.45) is 0 Å². The van der Waals surface area contributed by atoms with Crippen molar-refractivity contribution in [2.75, 3.05) is 13.7 Å². The van der Waals surface area contributed by atoms with Crippen molar-refractivity contribution >= 4 is 22.2 Å². The second-order valence-corrected chi connectivity index (χ2v) is 8.51. The van der Waals surface area contributed by atoms with Crippen LogP contribution in [-0.4, -0.2) is 29.0 Å². The number of hydrogen-bond acceptors (Lipinski definition) is 5. The first kappa shape index (κ1) is 21.9. The van der Waals surface area contributed by atoms with Crippen molar-refractivity contribution in [3.63, 3.8) is 0 Å². The van der Waals surface area contributed by atoms with Crippen LogP contribution in [0.3, 0.4) is 0 Å². The maximum absolute atomic E-state index is 12.6. The average Bonchev–Trinajstić information content (AvgIpc) is 3.37. The number of hydrogen-bond donors (Lipinski definition) is 1. The number of aromatic nitrogens is 2. The molecule has 0 aliphatic heterocycles. The number of carbonyl (C=O) groups excluding carboxylic acids is 1. The Morgan fingerprint density at radius 3 is 2.72 bits per heavy atom. The summed E-state index contributed by atoms with van der Waals surface area (Å²) in [7, 11) is 1.61. The first-order valence-electron chi connectivity index (χ1n) is 10.6. The molecule has 0 saturated carbocycles. The van der Waals surface area contributed by atoms with Gasteiger partial charge in [-0.1, -0.05) is 18.2 Å². The summed E-state index contributed by atoms with van der Waals surface area (Å²) in [5.41, 5.74) is 6.39. The highest BCUT2D eigenvalue weighted by molar-refractivity contribution is 7.15. The van der Waals surface area contributed by atoms with Gasteiger partial charge in [0.1, 0.15) is 0 Å². The summed E-state index contributed by atoms with van der Waals surface area (Å²) in [6.45, 7) is 7.13. The van der Waals surface area contributed by atoms with E-state index in [1.807, 2.05) is 41.1 Å². The maximum Gasteiger partial charge on any atom is 0.226 e. The number of ether oxygens (including phenoxy) is 2. The number of aryl methyl sites for hydroxylation is 2. The van der Waals surface area contributed by atoms with Gasteiger partial charge in [0.05, 0.1) is 25.8 Å². The lowest BCUT2D eigenvalue weighted by Crippen LogP contribution is -2.25. The average molecular weight is 450 g/mol. The first-order valence-corrected chi connectivity index (χ1v) is 11.5. The Hall–Kier alpha value is -3.32. The molecule has 1 N–H and O–H groups in total. The number of benzene rings is 2. The molecule has 2 aromatic carbocycles. The highest BCUT2D eigenvalue weighted by Crippen LogP contribution is 2.28. The number of thiazole rings is 1. The third-order valence-corrected chi connectivity index (χ3v) is 6.33. The van der Waals surface area contributed by atoms with Gasteiger partial charge in [0.15, 0.2) is 16.5 Å². The SMILES string of the molecule is CCOc1ccc(CNC(=O)Cc2csc3nc(-c4ccc(C)c(C)c4)cn23)cc1OC. The van der Waals surface area contributed by atoms with Crippen LogP contribution in [0.2, 0.25) is 0 Å². The standard InChI is InChI=1S/C25H27N3O3S/c1-5-31-22-9-7-18(11-23(22)30-4)13-26-24(29)12-20-15-32-25-27-21(14-28(20)25)19-8-6-16(2)17(3)10-19/h6-11,14-15H,5,12-13H2,1-4H3,(H,26,29). The molecule has 0 aliphatic carbocycles. The molecule has 166 valence electrons. The van der Waals surface area contributed by atoms with Gasteiger partial charge in [-0.15, -0.1) is 11.3 Å². The van der Waals surface area contributed by atoms with Gasteiger partial charge in [-0.05, 0) is 55.7 Å². The minimum absolute atomic E-state index is 0.0426. The second kappa shape index (κ2) is 9.44. The molecule has 1 amide bonds. The van der Waals surface area contributed by atoms with E-state index in [0.29, 0.717) is 24.7 Å². The minimum atomic E-state index is -0.0426. The van der Waals surface area contributed by atoms with E-state index in [1.165, 1.54) is 11.1 Å². The molecule has 6 nitrogen and oxygen atoms in total. The normalized spacial score (nSPS) is 11.0. The zero-order valence-corrected chi connectivity index (χ0v) is 19.6. The number of rotatable bonds is 8. The number of imidazole rings is 1. The Bertz CT molecular complexity index is 1260. The third-order valence-electron chi connectivity index (χ3n) is 5.45. The Labute approximate surface area is 191 Å². The molecular formula is C25H27N3O3S. The molecule has 0 bridgehead atoms. The van der Waals surface area contributed by atoms with Crippen molar-refractivity contribution < 1.29 is 14.3 Å².